The molecule has 16 heavy (non-hydrogen) atoms. The smallest absolute Gasteiger partial charge is 0.323 e. The molecule has 3 rings (SSSR count). The maximum atomic E-state index is 11.5. The van der Waals surface area contributed by atoms with Crippen LogP contribution in [-0.2, 0) is 22.6 Å². The number of carbonyl (C=O) groups excluding carboxylic acids is 1. The van der Waals surface area contributed by atoms with E-state index in [1.165, 1.54) is 11.1 Å². The van der Waals surface area contributed by atoms with Crippen molar-refractivity contribution >= 4 is 11.7 Å². The van der Waals surface area contributed by atoms with Crippen LogP contribution >= 0.6 is 0 Å². The second-order valence-corrected chi connectivity index (χ2v) is 4.41. The van der Waals surface area contributed by atoms with E-state index < -0.39 is 0 Å². The SMILES string of the molecule is Nc1ccc2c(c1)CN(C1CCOC1=O)C2. The van der Waals surface area contributed by atoms with Gasteiger partial charge in [-0.25, -0.2) is 0 Å². The number of anilines is 1. The summed E-state index contributed by atoms with van der Waals surface area (Å²) in [6.45, 7) is 2.19. The van der Waals surface area contributed by atoms with Gasteiger partial charge in [0.1, 0.15) is 6.04 Å². The Bertz CT molecular complexity index is 445. The molecule has 4 heteroatoms. The Morgan fingerprint density at radius 1 is 1.31 bits per heavy atom. The normalized spacial score (nSPS) is 24.5. The van der Waals surface area contributed by atoms with Crippen molar-refractivity contribution in [2.45, 2.75) is 25.6 Å². The fourth-order valence-corrected chi connectivity index (χ4v) is 2.48. The third-order valence-electron chi connectivity index (χ3n) is 3.33. The Labute approximate surface area is 94.0 Å². The number of nitrogens with two attached hydrogens (primary N) is 1. The van der Waals surface area contributed by atoms with E-state index in [9.17, 15) is 4.79 Å². The van der Waals surface area contributed by atoms with Gasteiger partial charge in [0.15, 0.2) is 0 Å². The first kappa shape index (κ1) is 9.66. The molecule has 0 bridgehead atoms. The fraction of sp³-hybridized carbons (Fsp3) is 0.417. The van der Waals surface area contributed by atoms with Crippen molar-refractivity contribution in [2.75, 3.05) is 12.3 Å². The van der Waals surface area contributed by atoms with E-state index in [4.69, 9.17) is 10.5 Å². The summed E-state index contributed by atoms with van der Waals surface area (Å²) in [5.74, 6) is -0.0826. The lowest BCUT2D eigenvalue weighted by Crippen LogP contribution is -2.34. The summed E-state index contributed by atoms with van der Waals surface area (Å²) in [7, 11) is 0. The van der Waals surface area contributed by atoms with Gasteiger partial charge in [0.2, 0.25) is 0 Å². The molecule has 1 aromatic rings. The fourth-order valence-electron chi connectivity index (χ4n) is 2.48. The second-order valence-electron chi connectivity index (χ2n) is 4.41. The average Bonchev–Trinajstić information content (AvgIpc) is 2.82. The largest absolute Gasteiger partial charge is 0.464 e. The van der Waals surface area contributed by atoms with Crippen LogP contribution in [0.3, 0.4) is 0 Å². The topological polar surface area (TPSA) is 55.6 Å². The highest BCUT2D eigenvalue weighted by Gasteiger charge is 2.35. The zero-order chi connectivity index (χ0) is 11.1. The number of hydrogen-bond acceptors (Lipinski definition) is 4. The number of rotatable bonds is 1. The Hall–Kier alpha value is -1.55. The lowest BCUT2D eigenvalue weighted by Gasteiger charge is -2.19. The third kappa shape index (κ3) is 1.46. The number of benzene rings is 1. The monoisotopic (exact) mass is 218 g/mol. The molecular formula is C12H14N2O2. The second kappa shape index (κ2) is 3.49. The Balaban J connectivity index is 1.82. The molecular weight excluding hydrogens is 204 g/mol. The first-order chi connectivity index (χ1) is 7.74. The van der Waals surface area contributed by atoms with Gasteiger partial charge in [-0.3, -0.25) is 9.69 Å². The molecule has 1 unspecified atom stereocenters. The van der Waals surface area contributed by atoms with Gasteiger partial charge >= 0.3 is 5.97 Å². The molecule has 2 heterocycles. The summed E-state index contributed by atoms with van der Waals surface area (Å²) in [5.41, 5.74) is 9.04. The number of carbonyl (C=O) groups is 1. The van der Waals surface area contributed by atoms with Gasteiger partial charge in [0.05, 0.1) is 6.61 Å². The molecule has 2 N–H and O–H groups in total. The number of nitrogens with zero attached hydrogens (tertiary/aromatic N) is 1. The summed E-state index contributed by atoms with van der Waals surface area (Å²) in [6, 6.07) is 5.89. The molecule has 0 aromatic heterocycles. The molecule has 1 atom stereocenters. The molecule has 1 saturated heterocycles. The number of fused-ring (bicyclic) bond motifs is 1. The molecule has 0 saturated carbocycles. The van der Waals surface area contributed by atoms with Crippen molar-refractivity contribution in [1.29, 1.82) is 0 Å². The Morgan fingerprint density at radius 3 is 2.88 bits per heavy atom. The van der Waals surface area contributed by atoms with Crippen molar-refractivity contribution in [3.05, 3.63) is 29.3 Å². The number of nitrogen functional groups attached to an aromatic ring is 1. The molecule has 4 nitrogen and oxygen atoms in total. The third-order valence-corrected chi connectivity index (χ3v) is 3.33. The van der Waals surface area contributed by atoms with Crippen molar-refractivity contribution < 1.29 is 9.53 Å². The lowest BCUT2D eigenvalue weighted by atomic mass is 10.1. The van der Waals surface area contributed by atoms with Gasteiger partial charge in [-0.15, -0.1) is 0 Å². The molecule has 1 fully saturated rings. The first-order valence-corrected chi connectivity index (χ1v) is 5.52. The van der Waals surface area contributed by atoms with E-state index in [2.05, 4.69) is 4.90 Å². The van der Waals surface area contributed by atoms with Crippen LogP contribution < -0.4 is 5.73 Å². The van der Waals surface area contributed by atoms with E-state index in [0.29, 0.717) is 6.61 Å². The maximum absolute atomic E-state index is 11.5. The number of hydrogen-bond donors (Lipinski definition) is 1. The van der Waals surface area contributed by atoms with Crippen LogP contribution in [-0.4, -0.2) is 23.5 Å². The highest BCUT2D eigenvalue weighted by atomic mass is 16.5. The molecule has 0 radical (unpaired) electrons. The van der Waals surface area contributed by atoms with Crippen LogP contribution in [0.15, 0.2) is 18.2 Å². The van der Waals surface area contributed by atoms with Crippen LogP contribution in [0.2, 0.25) is 0 Å². The van der Waals surface area contributed by atoms with E-state index in [1.807, 2.05) is 18.2 Å². The molecule has 1 aromatic carbocycles. The van der Waals surface area contributed by atoms with E-state index in [1.54, 1.807) is 0 Å². The van der Waals surface area contributed by atoms with Crippen LogP contribution in [0, 0.1) is 0 Å². The van der Waals surface area contributed by atoms with Crippen LogP contribution in [0.1, 0.15) is 17.5 Å². The van der Waals surface area contributed by atoms with E-state index >= 15 is 0 Å². The molecule has 0 aliphatic carbocycles. The number of esters is 1. The first-order valence-electron chi connectivity index (χ1n) is 5.52. The van der Waals surface area contributed by atoms with Crippen molar-refractivity contribution in [3.8, 4) is 0 Å². The Kier molecular flexibility index (Phi) is 2.11. The van der Waals surface area contributed by atoms with E-state index in [-0.39, 0.29) is 12.0 Å². The molecule has 0 spiro atoms. The van der Waals surface area contributed by atoms with Gasteiger partial charge in [-0.2, -0.15) is 0 Å². The molecule has 84 valence electrons. The molecule has 2 aliphatic rings. The minimum Gasteiger partial charge on any atom is -0.464 e. The Morgan fingerprint density at radius 2 is 2.12 bits per heavy atom. The predicted octanol–water partition coefficient (Wildman–Crippen LogP) is 0.900. The minimum atomic E-state index is -0.0826. The van der Waals surface area contributed by atoms with E-state index in [0.717, 1.165) is 25.2 Å². The molecule has 2 aliphatic heterocycles. The zero-order valence-corrected chi connectivity index (χ0v) is 8.98. The zero-order valence-electron chi connectivity index (χ0n) is 8.98. The summed E-state index contributed by atoms with van der Waals surface area (Å²) >= 11 is 0. The summed E-state index contributed by atoms with van der Waals surface area (Å²) in [4.78, 5) is 13.7. The highest BCUT2D eigenvalue weighted by molar-refractivity contribution is 5.77. The summed E-state index contributed by atoms with van der Waals surface area (Å²) in [6.07, 6.45) is 0.808. The quantitative estimate of drug-likeness (QED) is 0.562. The number of cyclic esters (lactones) is 1. The van der Waals surface area contributed by atoms with Crippen LogP contribution in [0.5, 0.6) is 0 Å². The van der Waals surface area contributed by atoms with Gasteiger partial charge in [-0.05, 0) is 23.3 Å². The van der Waals surface area contributed by atoms with Gasteiger partial charge in [0.25, 0.3) is 0 Å². The highest BCUT2D eigenvalue weighted by Crippen LogP contribution is 2.28. The summed E-state index contributed by atoms with van der Waals surface area (Å²) < 4.78 is 5.00. The van der Waals surface area contributed by atoms with Crippen LogP contribution in [0.25, 0.3) is 0 Å². The van der Waals surface area contributed by atoms with Gasteiger partial charge < -0.3 is 10.5 Å². The van der Waals surface area contributed by atoms with Crippen LogP contribution in [0.4, 0.5) is 5.69 Å². The van der Waals surface area contributed by atoms with Gasteiger partial charge in [0, 0.05) is 25.2 Å². The maximum Gasteiger partial charge on any atom is 0.323 e. The predicted molar refractivity (Wildman–Crippen MR) is 59.5 cm³/mol. The van der Waals surface area contributed by atoms with Gasteiger partial charge in [-0.1, -0.05) is 6.07 Å². The summed E-state index contributed by atoms with van der Waals surface area (Å²) in [5, 5.41) is 0. The van der Waals surface area contributed by atoms with Crippen molar-refractivity contribution in [3.63, 3.8) is 0 Å². The average molecular weight is 218 g/mol. The van der Waals surface area contributed by atoms with Crippen molar-refractivity contribution in [1.82, 2.24) is 4.90 Å². The van der Waals surface area contributed by atoms with Crippen molar-refractivity contribution in [2.24, 2.45) is 0 Å². The standard InChI is InChI=1S/C12H14N2O2/c13-10-2-1-8-6-14(7-9(8)5-10)11-3-4-16-12(11)15/h1-2,5,11H,3-4,6-7,13H2. The number of ether oxygens (including phenoxy) is 1. The molecule has 0 amide bonds. The lowest BCUT2D eigenvalue weighted by molar-refractivity contribution is -0.142. The minimum absolute atomic E-state index is 0.0615.